The molecule has 1 unspecified atom stereocenters. The van der Waals surface area contributed by atoms with Crippen LogP contribution in [0.3, 0.4) is 0 Å². The molecular weight excluding hydrogens is 398 g/mol. The lowest BCUT2D eigenvalue weighted by atomic mass is 10.1. The summed E-state index contributed by atoms with van der Waals surface area (Å²) in [5, 5.41) is 2.94. The van der Waals surface area contributed by atoms with Crippen LogP contribution in [0.2, 0.25) is 0 Å². The van der Waals surface area contributed by atoms with Crippen LogP contribution >= 0.6 is 0 Å². The summed E-state index contributed by atoms with van der Waals surface area (Å²) in [6, 6.07) is 24.5. The Labute approximate surface area is 177 Å². The standard InChI is InChI=1S/C23H25N3O3S/c1-26(2)22(18-10-5-3-6-11-18)17-24-23(27)19-12-9-13-20(16-19)25-30(28,29)21-14-7-4-8-15-21/h3-16,22,25H,17H2,1-2H3,(H,24,27). The second kappa shape index (κ2) is 9.56. The lowest BCUT2D eigenvalue weighted by Crippen LogP contribution is -2.34. The topological polar surface area (TPSA) is 78.5 Å². The quantitative estimate of drug-likeness (QED) is 0.581. The Morgan fingerprint density at radius 3 is 2.17 bits per heavy atom. The van der Waals surface area contributed by atoms with Gasteiger partial charge in [0.05, 0.1) is 10.9 Å². The minimum Gasteiger partial charge on any atom is -0.350 e. The number of nitrogens with one attached hydrogen (secondary N) is 2. The molecule has 7 heteroatoms. The van der Waals surface area contributed by atoms with E-state index in [-0.39, 0.29) is 16.8 Å². The predicted molar refractivity (Wildman–Crippen MR) is 119 cm³/mol. The molecule has 0 bridgehead atoms. The van der Waals surface area contributed by atoms with Crippen LogP contribution in [0, 0.1) is 0 Å². The fourth-order valence-corrected chi connectivity index (χ4v) is 4.17. The Hall–Kier alpha value is -3.16. The smallest absolute Gasteiger partial charge is 0.261 e. The molecule has 6 nitrogen and oxygen atoms in total. The van der Waals surface area contributed by atoms with Crippen molar-refractivity contribution in [2.45, 2.75) is 10.9 Å². The van der Waals surface area contributed by atoms with Crippen molar-refractivity contribution < 1.29 is 13.2 Å². The van der Waals surface area contributed by atoms with Crippen LogP contribution in [0.25, 0.3) is 0 Å². The third-order valence-corrected chi connectivity index (χ3v) is 6.09. The highest BCUT2D eigenvalue weighted by atomic mass is 32.2. The summed E-state index contributed by atoms with van der Waals surface area (Å²) in [4.78, 5) is 14.9. The molecule has 3 aromatic rings. The summed E-state index contributed by atoms with van der Waals surface area (Å²) < 4.78 is 27.5. The molecule has 3 rings (SSSR count). The summed E-state index contributed by atoms with van der Waals surface area (Å²) in [6.07, 6.45) is 0. The highest BCUT2D eigenvalue weighted by Gasteiger charge is 2.17. The second-order valence-corrected chi connectivity index (χ2v) is 8.78. The molecule has 156 valence electrons. The van der Waals surface area contributed by atoms with Gasteiger partial charge in [-0.15, -0.1) is 0 Å². The van der Waals surface area contributed by atoms with E-state index in [4.69, 9.17) is 0 Å². The number of nitrogens with zero attached hydrogens (tertiary/aromatic N) is 1. The number of carbonyl (C=O) groups is 1. The minimum absolute atomic E-state index is 0.0231. The van der Waals surface area contributed by atoms with E-state index >= 15 is 0 Å². The van der Waals surface area contributed by atoms with Gasteiger partial charge in [0.15, 0.2) is 0 Å². The van der Waals surface area contributed by atoms with E-state index in [2.05, 4.69) is 10.0 Å². The lowest BCUT2D eigenvalue weighted by Gasteiger charge is -2.25. The molecule has 30 heavy (non-hydrogen) atoms. The summed E-state index contributed by atoms with van der Waals surface area (Å²) in [7, 11) is 0.205. The van der Waals surface area contributed by atoms with Gasteiger partial charge in [-0.05, 0) is 50.0 Å². The maximum absolute atomic E-state index is 12.7. The monoisotopic (exact) mass is 423 g/mol. The number of carbonyl (C=O) groups excluding carboxylic acids is 1. The minimum atomic E-state index is -3.72. The number of hydrogen-bond donors (Lipinski definition) is 2. The zero-order valence-corrected chi connectivity index (χ0v) is 17.8. The third-order valence-electron chi connectivity index (χ3n) is 4.69. The molecule has 1 atom stereocenters. The predicted octanol–water partition coefficient (Wildman–Crippen LogP) is 3.52. The van der Waals surface area contributed by atoms with Crippen molar-refractivity contribution in [3.8, 4) is 0 Å². The van der Waals surface area contributed by atoms with Gasteiger partial charge in [0, 0.05) is 17.8 Å². The number of hydrogen-bond acceptors (Lipinski definition) is 4. The lowest BCUT2D eigenvalue weighted by molar-refractivity contribution is 0.0942. The van der Waals surface area contributed by atoms with E-state index in [0.717, 1.165) is 5.56 Å². The molecule has 1 amide bonds. The van der Waals surface area contributed by atoms with Gasteiger partial charge >= 0.3 is 0 Å². The van der Waals surface area contributed by atoms with E-state index < -0.39 is 10.0 Å². The van der Waals surface area contributed by atoms with Gasteiger partial charge in [-0.2, -0.15) is 0 Å². The molecule has 0 saturated carbocycles. The fraction of sp³-hybridized carbons (Fsp3) is 0.174. The van der Waals surface area contributed by atoms with E-state index in [9.17, 15) is 13.2 Å². The highest BCUT2D eigenvalue weighted by Crippen LogP contribution is 2.19. The normalized spacial score (nSPS) is 12.4. The zero-order valence-electron chi connectivity index (χ0n) is 16.9. The SMILES string of the molecule is CN(C)C(CNC(=O)c1cccc(NS(=O)(=O)c2ccccc2)c1)c1ccccc1. The van der Waals surface area contributed by atoms with Crippen LogP contribution in [0.4, 0.5) is 5.69 Å². The van der Waals surface area contributed by atoms with Gasteiger partial charge in [0.2, 0.25) is 0 Å². The van der Waals surface area contributed by atoms with E-state index in [1.54, 1.807) is 36.4 Å². The van der Waals surface area contributed by atoms with Crippen LogP contribution in [0.1, 0.15) is 22.0 Å². The van der Waals surface area contributed by atoms with E-state index in [0.29, 0.717) is 17.8 Å². The van der Waals surface area contributed by atoms with Gasteiger partial charge in [-0.1, -0.05) is 54.6 Å². The third kappa shape index (κ3) is 5.46. The first kappa shape index (κ1) is 21.5. The first-order valence-corrected chi connectivity index (χ1v) is 11.0. The number of rotatable bonds is 8. The second-order valence-electron chi connectivity index (χ2n) is 7.10. The Kier molecular flexibility index (Phi) is 6.87. The first-order valence-electron chi connectivity index (χ1n) is 9.54. The first-order chi connectivity index (χ1) is 14.4. The highest BCUT2D eigenvalue weighted by molar-refractivity contribution is 7.92. The zero-order chi connectivity index (χ0) is 21.6. The molecule has 0 spiro atoms. The Morgan fingerprint density at radius 1 is 0.900 bits per heavy atom. The van der Waals surface area contributed by atoms with Crippen LogP contribution < -0.4 is 10.0 Å². The van der Waals surface area contributed by atoms with Crippen molar-refractivity contribution >= 4 is 21.6 Å². The van der Waals surface area contributed by atoms with Crippen LogP contribution in [0.5, 0.6) is 0 Å². The number of sulfonamides is 1. The van der Waals surface area contributed by atoms with Crippen molar-refractivity contribution in [3.63, 3.8) is 0 Å². The average molecular weight is 424 g/mol. The molecule has 0 radical (unpaired) electrons. The van der Waals surface area contributed by atoms with Crippen LogP contribution in [0.15, 0.2) is 89.8 Å². The Morgan fingerprint density at radius 2 is 1.53 bits per heavy atom. The van der Waals surface area contributed by atoms with Crippen LogP contribution in [-0.2, 0) is 10.0 Å². The number of anilines is 1. The van der Waals surface area contributed by atoms with Crippen molar-refractivity contribution in [2.24, 2.45) is 0 Å². The molecule has 0 saturated heterocycles. The van der Waals surface area contributed by atoms with E-state index in [1.165, 1.54) is 18.2 Å². The van der Waals surface area contributed by atoms with Crippen molar-refractivity contribution in [2.75, 3.05) is 25.4 Å². The van der Waals surface area contributed by atoms with Gasteiger partial charge in [-0.3, -0.25) is 9.52 Å². The molecule has 0 aromatic heterocycles. The Bertz CT molecular complexity index is 1080. The molecule has 0 aliphatic carbocycles. The largest absolute Gasteiger partial charge is 0.350 e. The van der Waals surface area contributed by atoms with Crippen molar-refractivity contribution in [1.82, 2.24) is 10.2 Å². The molecule has 2 N–H and O–H groups in total. The van der Waals surface area contributed by atoms with Gasteiger partial charge < -0.3 is 10.2 Å². The number of benzene rings is 3. The van der Waals surface area contributed by atoms with Crippen molar-refractivity contribution in [3.05, 3.63) is 96.1 Å². The molecule has 0 aliphatic heterocycles. The average Bonchev–Trinajstić information content (AvgIpc) is 2.75. The Balaban J connectivity index is 1.70. The summed E-state index contributed by atoms with van der Waals surface area (Å²) in [5.41, 5.74) is 1.82. The molecule has 3 aromatic carbocycles. The number of amides is 1. The molecule has 0 heterocycles. The number of likely N-dealkylation sites (N-methyl/N-ethyl adjacent to an activating group) is 1. The van der Waals surface area contributed by atoms with Gasteiger partial charge in [-0.25, -0.2) is 8.42 Å². The molecule has 0 aliphatic rings. The van der Waals surface area contributed by atoms with Gasteiger partial charge in [0.25, 0.3) is 15.9 Å². The molecular formula is C23H25N3O3S. The molecule has 0 fully saturated rings. The maximum Gasteiger partial charge on any atom is 0.261 e. The fourth-order valence-electron chi connectivity index (χ4n) is 3.10. The van der Waals surface area contributed by atoms with Crippen LogP contribution in [-0.4, -0.2) is 39.9 Å². The van der Waals surface area contributed by atoms with Gasteiger partial charge in [0.1, 0.15) is 0 Å². The summed E-state index contributed by atoms with van der Waals surface area (Å²) >= 11 is 0. The van der Waals surface area contributed by atoms with E-state index in [1.807, 2.05) is 49.3 Å². The summed E-state index contributed by atoms with van der Waals surface area (Å²) in [5.74, 6) is -0.265. The maximum atomic E-state index is 12.7. The summed E-state index contributed by atoms with van der Waals surface area (Å²) in [6.45, 7) is 0.426. The van der Waals surface area contributed by atoms with Crippen molar-refractivity contribution in [1.29, 1.82) is 0 Å².